The van der Waals surface area contributed by atoms with Crippen LogP contribution in [0.3, 0.4) is 0 Å². The first kappa shape index (κ1) is 19.0. The highest BCUT2D eigenvalue weighted by Crippen LogP contribution is 2.30. The predicted octanol–water partition coefficient (Wildman–Crippen LogP) is 3.98. The van der Waals surface area contributed by atoms with Crippen molar-refractivity contribution in [2.75, 3.05) is 0 Å². The molecule has 2 aromatic heterocycles. The van der Waals surface area contributed by atoms with E-state index in [9.17, 15) is 4.79 Å². The molecule has 4 rings (SSSR count). The number of tetrazole rings is 1. The Bertz CT molecular complexity index is 1270. The summed E-state index contributed by atoms with van der Waals surface area (Å²) in [5, 5.41) is 9.99. The van der Waals surface area contributed by atoms with Gasteiger partial charge in [-0.1, -0.05) is 51.5 Å². The summed E-state index contributed by atoms with van der Waals surface area (Å²) in [7, 11) is 1.51. The van der Waals surface area contributed by atoms with Gasteiger partial charge in [-0.2, -0.15) is 9.36 Å². The van der Waals surface area contributed by atoms with Crippen molar-refractivity contribution >= 4 is 33.0 Å². The number of nitrogens with zero attached hydrogens (tertiary/aromatic N) is 6. The number of hydrogen-bond acceptors (Lipinski definition) is 6. The number of halogens is 1. The van der Waals surface area contributed by atoms with E-state index in [4.69, 9.17) is 11.3 Å². The van der Waals surface area contributed by atoms with Gasteiger partial charge in [-0.3, -0.25) is 0 Å². The van der Waals surface area contributed by atoms with E-state index in [0.29, 0.717) is 22.1 Å². The number of rotatable bonds is 5. The van der Waals surface area contributed by atoms with Crippen LogP contribution in [0.15, 0.2) is 57.1 Å². The van der Waals surface area contributed by atoms with Gasteiger partial charge in [-0.15, -0.1) is 0 Å². The van der Waals surface area contributed by atoms with Gasteiger partial charge in [0.2, 0.25) is 0 Å². The Hall–Kier alpha value is -3.29. The van der Waals surface area contributed by atoms with Crippen LogP contribution in [-0.2, 0) is 13.7 Å². The first-order chi connectivity index (χ1) is 14.1. The molecule has 0 N–H and O–H groups in total. The summed E-state index contributed by atoms with van der Waals surface area (Å²) >= 11 is 4.79. The van der Waals surface area contributed by atoms with Crippen LogP contribution in [0.2, 0.25) is 0 Å². The summed E-state index contributed by atoms with van der Waals surface area (Å²) in [6, 6.07) is 12.9. The lowest BCUT2D eigenvalue weighted by molar-refractivity contribution is 0.305. The summed E-state index contributed by atoms with van der Waals surface area (Å²) in [5.74, 6) is 0. The van der Waals surface area contributed by atoms with Gasteiger partial charge in [0.1, 0.15) is 6.61 Å². The Kier molecular flexibility index (Phi) is 5.24. The normalized spacial score (nSPS) is 10.7. The molecule has 0 aliphatic heterocycles. The molecule has 0 unspecified atom stereocenters. The topological polar surface area (TPSA) is 79.2 Å². The van der Waals surface area contributed by atoms with Crippen molar-refractivity contribution in [3.63, 3.8) is 0 Å². The highest BCUT2D eigenvalue weighted by molar-refractivity contribution is 9.10. The highest BCUT2D eigenvalue weighted by Gasteiger charge is 2.16. The van der Waals surface area contributed by atoms with Crippen LogP contribution in [0.5, 0.6) is 5.19 Å². The first-order valence-corrected chi connectivity index (χ1v) is 10.1. The van der Waals surface area contributed by atoms with E-state index >= 15 is 0 Å². The molecule has 0 amide bonds. The van der Waals surface area contributed by atoms with E-state index in [2.05, 4.69) is 36.2 Å². The Balaban J connectivity index is 1.62. The molecule has 0 aliphatic carbocycles. The van der Waals surface area contributed by atoms with Gasteiger partial charge in [-0.05, 0) is 28.6 Å². The minimum absolute atomic E-state index is 0.0736. The molecule has 2 aromatic carbocycles. The maximum atomic E-state index is 12.2. The zero-order valence-corrected chi connectivity index (χ0v) is 17.5. The summed E-state index contributed by atoms with van der Waals surface area (Å²) in [6.45, 7) is 7.52. The summed E-state index contributed by atoms with van der Waals surface area (Å²) in [4.78, 5) is 20.3. The molecular formula is C19H13BrN6O2S. The van der Waals surface area contributed by atoms with Crippen molar-refractivity contribution in [2.45, 2.75) is 6.61 Å². The maximum absolute atomic E-state index is 12.2. The van der Waals surface area contributed by atoms with Crippen molar-refractivity contribution < 1.29 is 4.74 Å². The second-order valence-electron chi connectivity index (χ2n) is 5.98. The smallest absolute Gasteiger partial charge is 0.368 e. The zero-order valence-electron chi connectivity index (χ0n) is 15.1. The SMILES string of the molecule is [C-]#[N+]c1cccc(-n2nnn(C)c2=O)c1COc1nc(-c2ccc(Br)cc2)cs1. The number of aryl methyl sites for hydroxylation is 1. The second-order valence-corrected chi connectivity index (χ2v) is 7.71. The molecule has 8 nitrogen and oxygen atoms in total. The van der Waals surface area contributed by atoms with Crippen LogP contribution in [0, 0.1) is 6.57 Å². The van der Waals surface area contributed by atoms with E-state index in [1.54, 1.807) is 18.2 Å². The monoisotopic (exact) mass is 468 g/mol. The molecule has 0 atom stereocenters. The minimum Gasteiger partial charge on any atom is -0.466 e. The van der Waals surface area contributed by atoms with E-state index in [1.807, 2.05) is 29.6 Å². The van der Waals surface area contributed by atoms with Crippen molar-refractivity contribution in [3.05, 3.63) is 79.8 Å². The molecule has 144 valence electrons. The molecule has 0 radical (unpaired) electrons. The van der Waals surface area contributed by atoms with E-state index in [0.717, 1.165) is 25.1 Å². The Labute approximate surface area is 177 Å². The maximum Gasteiger partial charge on any atom is 0.368 e. The molecule has 10 heteroatoms. The fraction of sp³-hybridized carbons (Fsp3) is 0.105. The van der Waals surface area contributed by atoms with E-state index in [1.165, 1.54) is 18.4 Å². The molecule has 0 aliphatic rings. The number of hydrogen-bond donors (Lipinski definition) is 0. The molecule has 2 heterocycles. The van der Waals surface area contributed by atoms with Gasteiger partial charge in [0.15, 0.2) is 5.69 Å². The van der Waals surface area contributed by atoms with Crippen LogP contribution in [0.4, 0.5) is 5.69 Å². The fourth-order valence-corrected chi connectivity index (χ4v) is 3.63. The third-order valence-corrected chi connectivity index (χ3v) is 5.44. The molecular weight excluding hydrogens is 456 g/mol. The van der Waals surface area contributed by atoms with Crippen molar-refractivity contribution in [2.24, 2.45) is 7.05 Å². The lowest BCUT2D eigenvalue weighted by atomic mass is 10.1. The van der Waals surface area contributed by atoms with E-state index in [-0.39, 0.29) is 6.61 Å². The van der Waals surface area contributed by atoms with Gasteiger partial charge in [0.25, 0.3) is 5.19 Å². The molecule has 29 heavy (non-hydrogen) atoms. The molecule has 0 fully saturated rings. The third kappa shape index (κ3) is 3.83. The lowest BCUT2D eigenvalue weighted by Crippen LogP contribution is -2.23. The number of ether oxygens (including phenoxy) is 1. The number of thiazole rings is 1. The third-order valence-electron chi connectivity index (χ3n) is 4.16. The van der Waals surface area contributed by atoms with Crippen LogP contribution in [0.25, 0.3) is 21.8 Å². The average molecular weight is 469 g/mol. The quantitative estimate of drug-likeness (QED) is 0.413. The largest absolute Gasteiger partial charge is 0.466 e. The standard InChI is InChI=1S/C19H13BrN6O2S/c1-21-15-4-3-5-17(26-19(27)25(2)23-24-26)14(15)10-28-18-22-16(11-29-18)12-6-8-13(20)9-7-12/h3-9,11H,10H2,2H3. The number of aromatic nitrogens is 5. The minimum atomic E-state index is -0.403. The van der Waals surface area contributed by atoms with Crippen molar-refractivity contribution in [1.29, 1.82) is 0 Å². The molecule has 0 saturated heterocycles. The van der Waals surface area contributed by atoms with Crippen molar-refractivity contribution in [3.8, 4) is 22.1 Å². The Morgan fingerprint density at radius 1 is 1.21 bits per heavy atom. The van der Waals surface area contributed by atoms with E-state index < -0.39 is 5.69 Å². The molecule has 4 aromatic rings. The van der Waals surface area contributed by atoms with Crippen LogP contribution in [0.1, 0.15) is 5.56 Å². The summed E-state index contributed by atoms with van der Waals surface area (Å²) in [6.07, 6.45) is 0. The molecule has 0 spiro atoms. The van der Waals surface area contributed by atoms with Gasteiger partial charge >= 0.3 is 5.69 Å². The summed E-state index contributed by atoms with van der Waals surface area (Å²) < 4.78 is 9.13. The summed E-state index contributed by atoms with van der Waals surface area (Å²) in [5.41, 5.74) is 2.77. The average Bonchev–Trinajstić information content (AvgIpc) is 3.34. The van der Waals surface area contributed by atoms with Gasteiger partial charge in [0.05, 0.1) is 18.0 Å². The first-order valence-electron chi connectivity index (χ1n) is 8.40. The van der Waals surface area contributed by atoms with Crippen LogP contribution in [-0.4, -0.2) is 24.8 Å². The highest BCUT2D eigenvalue weighted by atomic mass is 79.9. The fourth-order valence-electron chi connectivity index (χ4n) is 2.69. The van der Waals surface area contributed by atoms with Crippen LogP contribution < -0.4 is 10.4 Å². The second kappa shape index (κ2) is 7.98. The van der Waals surface area contributed by atoms with Crippen LogP contribution >= 0.6 is 27.3 Å². The Morgan fingerprint density at radius 3 is 2.69 bits per heavy atom. The lowest BCUT2D eigenvalue weighted by Gasteiger charge is -2.10. The van der Waals surface area contributed by atoms with Gasteiger partial charge in [0, 0.05) is 28.0 Å². The van der Waals surface area contributed by atoms with Gasteiger partial charge < -0.3 is 4.74 Å². The number of benzene rings is 2. The van der Waals surface area contributed by atoms with Gasteiger partial charge in [-0.25, -0.2) is 14.6 Å². The predicted molar refractivity (Wildman–Crippen MR) is 112 cm³/mol. The Morgan fingerprint density at radius 2 is 2.00 bits per heavy atom. The van der Waals surface area contributed by atoms with Crippen molar-refractivity contribution in [1.82, 2.24) is 24.8 Å². The molecule has 0 bridgehead atoms. The molecule has 0 saturated carbocycles. The zero-order chi connectivity index (χ0) is 20.4.